The number of hydrogen-bond acceptors (Lipinski definition) is 5. The highest BCUT2D eigenvalue weighted by Crippen LogP contribution is 2.36. The number of nitrogens with zero attached hydrogens (tertiary/aromatic N) is 4. The van der Waals surface area contributed by atoms with Crippen LogP contribution in [0.2, 0.25) is 0 Å². The lowest BCUT2D eigenvalue weighted by atomic mass is 9.95. The van der Waals surface area contributed by atoms with E-state index < -0.39 is 0 Å². The topological polar surface area (TPSA) is 41.4 Å². The maximum Gasteiger partial charge on any atom is 0.234 e. The van der Waals surface area contributed by atoms with E-state index in [-0.39, 0.29) is 5.41 Å². The number of hydrogen-bond donors (Lipinski definition) is 0. The molecule has 1 aromatic carbocycles. The molecule has 3 heterocycles. The Morgan fingerprint density at radius 1 is 1.17 bits per heavy atom. The van der Waals surface area contributed by atoms with Gasteiger partial charge in [-0.3, -0.25) is 0 Å². The van der Waals surface area contributed by atoms with Gasteiger partial charge in [0.2, 0.25) is 5.13 Å². The Labute approximate surface area is 145 Å². The maximum absolute atomic E-state index is 4.80. The van der Waals surface area contributed by atoms with Crippen molar-refractivity contribution in [1.82, 2.24) is 15.1 Å². The number of amidine groups is 1. The van der Waals surface area contributed by atoms with Crippen molar-refractivity contribution < 1.29 is 0 Å². The molecular weight excluding hydrogens is 324 g/mol. The first-order valence-electron chi connectivity index (χ1n) is 7.89. The van der Waals surface area contributed by atoms with Gasteiger partial charge < -0.3 is 4.90 Å². The van der Waals surface area contributed by atoms with Gasteiger partial charge in [-0.15, -0.1) is 10.2 Å². The minimum atomic E-state index is 0.0333. The fourth-order valence-corrected chi connectivity index (χ4v) is 4.96. The Bertz CT molecular complexity index is 760. The molecule has 2 aromatic rings. The summed E-state index contributed by atoms with van der Waals surface area (Å²) < 4.78 is 0. The molecule has 0 aliphatic carbocycles. The summed E-state index contributed by atoms with van der Waals surface area (Å²) in [5.74, 6) is 1.11. The third kappa shape index (κ3) is 2.90. The second-order valence-corrected chi connectivity index (χ2v) is 9.04. The number of aromatic nitrogens is 2. The highest BCUT2D eigenvalue weighted by atomic mass is 32.2. The second-order valence-electron chi connectivity index (χ2n) is 7.10. The summed E-state index contributed by atoms with van der Waals surface area (Å²) in [6.45, 7) is 7.43. The highest BCUT2D eigenvalue weighted by molar-refractivity contribution is 8.14. The average molecular weight is 345 g/mol. The van der Waals surface area contributed by atoms with Gasteiger partial charge in [0, 0.05) is 23.8 Å². The van der Waals surface area contributed by atoms with Crippen molar-refractivity contribution in [3.05, 3.63) is 40.4 Å². The molecule has 2 aliphatic heterocycles. The minimum Gasteiger partial charge on any atom is -0.343 e. The molecule has 1 aromatic heterocycles. The summed E-state index contributed by atoms with van der Waals surface area (Å²) in [6.07, 6.45) is 1.12. The summed E-state index contributed by atoms with van der Waals surface area (Å²) in [6, 6.07) is 9.31. The van der Waals surface area contributed by atoms with E-state index in [1.807, 2.05) is 11.8 Å². The second kappa shape index (κ2) is 5.60. The molecule has 23 heavy (non-hydrogen) atoms. The number of thioether (sulfide) groups is 1. The normalized spacial score (nSPS) is 22.3. The zero-order valence-electron chi connectivity index (χ0n) is 13.6. The van der Waals surface area contributed by atoms with Gasteiger partial charge in [-0.2, -0.15) is 4.99 Å². The van der Waals surface area contributed by atoms with Crippen molar-refractivity contribution in [2.24, 2.45) is 4.99 Å². The Morgan fingerprint density at radius 2 is 1.96 bits per heavy atom. The van der Waals surface area contributed by atoms with Gasteiger partial charge in [-0.25, -0.2) is 0 Å². The molecule has 1 fully saturated rings. The van der Waals surface area contributed by atoms with Gasteiger partial charge in [0.1, 0.15) is 5.01 Å². The first kappa shape index (κ1) is 15.1. The van der Waals surface area contributed by atoms with Gasteiger partial charge >= 0.3 is 0 Å². The van der Waals surface area contributed by atoms with Crippen LogP contribution in [0.5, 0.6) is 0 Å². The Hall–Kier alpha value is -1.40. The van der Waals surface area contributed by atoms with Crippen LogP contribution in [0, 0.1) is 0 Å². The molecule has 0 N–H and O–H groups in total. The zero-order valence-corrected chi connectivity index (χ0v) is 15.2. The van der Waals surface area contributed by atoms with E-state index in [9.17, 15) is 0 Å². The van der Waals surface area contributed by atoms with Crippen molar-refractivity contribution >= 4 is 33.4 Å². The van der Waals surface area contributed by atoms with Crippen molar-refractivity contribution in [3.63, 3.8) is 0 Å². The minimum absolute atomic E-state index is 0.0333. The van der Waals surface area contributed by atoms with E-state index in [2.05, 4.69) is 60.1 Å². The third-order valence-corrected chi connectivity index (χ3v) is 6.63. The van der Waals surface area contributed by atoms with Gasteiger partial charge in [0.05, 0.1) is 0 Å². The van der Waals surface area contributed by atoms with E-state index in [1.54, 1.807) is 11.3 Å². The smallest absolute Gasteiger partial charge is 0.234 e. The number of aliphatic imine (C=N–C) groups is 1. The number of benzene rings is 1. The molecule has 1 saturated heterocycles. The summed E-state index contributed by atoms with van der Waals surface area (Å²) >= 11 is 3.45. The fraction of sp³-hybridized carbons (Fsp3) is 0.471. The van der Waals surface area contributed by atoms with Crippen LogP contribution in [-0.4, -0.2) is 32.1 Å². The predicted molar refractivity (Wildman–Crippen MR) is 97.6 cm³/mol. The fourth-order valence-electron chi connectivity index (χ4n) is 2.96. The van der Waals surface area contributed by atoms with Crippen molar-refractivity contribution in [1.29, 1.82) is 0 Å². The van der Waals surface area contributed by atoms with E-state index in [4.69, 9.17) is 4.99 Å². The molecule has 6 heteroatoms. The van der Waals surface area contributed by atoms with Crippen molar-refractivity contribution in [3.8, 4) is 0 Å². The predicted octanol–water partition coefficient (Wildman–Crippen LogP) is 4.00. The van der Waals surface area contributed by atoms with Crippen LogP contribution >= 0.6 is 23.1 Å². The molecule has 0 bridgehead atoms. The Kier molecular flexibility index (Phi) is 3.69. The molecule has 4 nitrogen and oxygen atoms in total. The van der Waals surface area contributed by atoms with E-state index in [0.29, 0.717) is 6.04 Å². The molecule has 0 radical (unpaired) electrons. The van der Waals surface area contributed by atoms with Gasteiger partial charge in [-0.1, -0.05) is 68.1 Å². The summed E-state index contributed by atoms with van der Waals surface area (Å²) in [7, 11) is 0. The third-order valence-electron chi connectivity index (χ3n) is 4.25. The SMILES string of the molecule is CC(C)(C)c1nnc(N=C2SCC3Cc4ccccc4CN23)s1. The lowest BCUT2D eigenvalue weighted by Gasteiger charge is -2.32. The molecule has 1 atom stereocenters. The molecule has 0 spiro atoms. The van der Waals surface area contributed by atoms with E-state index in [0.717, 1.165) is 34.0 Å². The molecule has 0 amide bonds. The lowest BCUT2D eigenvalue weighted by Crippen LogP contribution is -2.38. The average Bonchev–Trinajstić information content (AvgIpc) is 3.13. The van der Waals surface area contributed by atoms with Crippen LogP contribution in [0.1, 0.15) is 36.9 Å². The molecule has 120 valence electrons. The largest absolute Gasteiger partial charge is 0.343 e. The van der Waals surface area contributed by atoms with E-state index in [1.165, 1.54) is 11.1 Å². The monoisotopic (exact) mass is 344 g/mol. The standard InChI is InChI=1S/C17H20N4S2/c1-17(2,3)14-19-20-15(23-14)18-16-21-9-12-7-5-4-6-11(12)8-13(21)10-22-16/h4-7,13H,8-10H2,1-3H3. The van der Waals surface area contributed by atoms with Crippen LogP contribution in [0.15, 0.2) is 29.3 Å². The summed E-state index contributed by atoms with van der Waals surface area (Å²) in [5, 5.41) is 11.5. The summed E-state index contributed by atoms with van der Waals surface area (Å²) in [5.41, 5.74) is 2.94. The van der Waals surface area contributed by atoms with Crippen LogP contribution in [0.3, 0.4) is 0 Å². The van der Waals surface area contributed by atoms with E-state index >= 15 is 0 Å². The first-order valence-corrected chi connectivity index (χ1v) is 9.70. The quantitative estimate of drug-likeness (QED) is 0.784. The maximum atomic E-state index is 4.80. The molecule has 0 saturated carbocycles. The Balaban J connectivity index is 1.60. The van der Waals surface area contributed by atoms with Crippen LogP contribution in [0.4, 0.5) is 5.13 Å². The van der Waals surface area contributed by atoms with Gasteiger partial charge in [0.15, 0.2) is 5.17 Å². The van der Waals surface area contributed by atoms with Crippen molar-refractivity contribution in [2.75, 3.05) is 5.75 Å². The van der Waals surface area contributed by atoms with Crippen LogP contribution < -0.4 is 0 Å². The number of rotatable bonds is 1. The van der Waals surface area contributed by atoms with Crippen LogP contribution in [0.25, 0.3) is 0 Å². The van der Waals surface area contributed by atoms with Gasteiger partial charge in [0.25, 0.3) is 0 Å². The zero-order chi connectivity index (χ0) is 16.0. The molecule has 1 unspecified atom stereocenters. The van der Waals surface area contributed by atoms with Crippen LogP contribution in [-0.2, 0) is 18.4 Å². The highest BCUT2D eigenvalue weighted by Gasteiger charge is 2.34. The molecule has 2 aliphatic rings. The Morgan fingerprint density at radius 3 is 2.70 bits per heavy atom. The summed E-state index contributed by atoms with van der Waals surface area (Å²) in [4.78, 5) is 7.24. The van der Waals surface area contributed by atoms with Gasteiger partial charge in [-0.05, 0) is 17.5 Å². The number of fused-ring (bicyclic) bond motifs is 2. The molecular formula is C17H20N4S2. The first-order chi connectivity index (χ1) is 11.0. The van der Waals surface area contributed by atoms with Crippen molar-refractivity contribution in [2.45, 2.75) is 45.2 Å². The molecule has 4 rings (SSSR count). The lowest BCUT2D eigenvalue weighted by molar-refractivity contribution is 0.320.